The second-order valence-corrected chi connectivity index (χ2v) is 15.0. The molecule has 0 bridgehead atoms. The standard InChI is InChI=1S/C21H44S/c1-17-10-11-19(14-18(17)2)12-13-22(9,15-20(3,4)5)16-21(6,7)8/h17-19H,10-16H2,1-9H3. The summed E-state index contributed by atoms with van der Waals surface area (Å²) in [7, 11) is -0.485. The minimum Gasteiger partial charge on any atom is -0.243 e. The Bertz CT molecular complexity index is 315. The summed E-state index contributed by atoms with van der Waals surface area (Å²) in [5.74, 6) is 7.31. The summed E-state index contributed by atoms with van der Waals surface area (Å²) in [4.78, 5) is 0. The van der Waals surface area contributed by atoms with Crippen molar-refractivity contribution in [1.29, 1.82) is 0 Å². The number of rotatable bonds is 5. The molecule has 0 aromatic carbocycles. The molecule has 0 heterocycles. The Morgan fingerprint density at radius 1 is 0.818 bits per heavy atom. The van der Waals surface area contributed by atoms with Gasteiger partial charge >= 0.3 is 0 Å². The van der Waals surface area contributed by atoms with Crippen LogP contribution in [0, 0.1) is 28.6 Å². The van der Waals surface area contributed by atoms with E-state index in [0.29, 0.717) is 10.8 Å². The molecule has 134 valence electrons. The molecule has 3 unspecified atom stereocenters. The van der Waals surface area contributed by atoms with Crippen LogP contribution in [0.25, 0.3) is 0 Å². The highest BCUT2D eigenvalue weighted by atomic mass is 32.3. The van der Waals surface area contributed by atoms with Crippen LogP contribution in [0.1, 0.15) is 81.1 Å². The third-order valence-electron chi connectivity index (χ3n) is 5.29. The van der Waals surface area contributed by atoms with Gasteiger partial charge in [0.1, 0.15) is 0 Å². The maximum atomic E-state index is 2.65. The molecular weight excluding hydrogens is 284 g/mol. The topological polar surface area (TPSA) is 0 Å². The van der Waals surface area contributed by atoms with Crippen molar-refractivity contribution in [2.75, 3.05) is 23.5 Å². The normalized spacial score (nSPS) is 28.7. The van der Waals surface area contributed by atoms with Gasteiger partial charge < -0.3 is 0 Å². The lowest BCUT2D eigenvalue weighted by molar-refractivity contribution is 0.205. The zero-order valence-corrected chi connectivity index (χ0v) is 17.9. The van der Waals surface area contributed by atoms with Crippen molar-refractivity contribution in [3.8, 4) is 0 Å². The molecule has 0 saturated heterocycles. The first-order valence-electron chi connectivity index (χ1n) is 9.51. The van der Waals surface area contributed by atoms with Crippen LogP contribution in [-0.2, 0) is 0 Å². The van der Waals surface area contributed by atoms with E-state index in [0.717, 1.165) is 17.8 Å². The van der Waals surface area contributed by atoms with Crippen molar-refractivity contribution < 1.29 is 0 Å². The van der Waals surface area contributed by atoms with Crippen LogP contribution in [0.4, 0.5) is 0 Å². The molecular formula is C21H44S. The Morgan fingerprint density at radius 2 is 1.32 bits per heavy atom. The lowest BCUT2D eigenvalue weighted by Gasteiger charge is -2.46. The van der Waals surface area contributed by atoms with Gasteiger partial charge in [-0.3, -0.25) is 0 Å². The van der Waals surface area contributed by atoms with E-state index in [4.69, 9.17) is 0 Å². The predicted molar refractivity (Wildman–Crippen MR) is 107 cm³/mol. The summed E-state index contributed by atoms with van der Waals surface area (Å²) < 4.78 is 0. The van der Waals surface area contributed by atoms with Crippen LogP contribution in [-0.4, -0.2) is 23.5 Å². The second kappa shape index (κ2) is 7.49. The van der Waals surface area contributed by atoms with Gasteiger partial charge in [0.15, 0.2) is 0 Å². The van der Waals surface area contributed by atoms with Crippen LogP contribution in [0.3, 0.4) is 0 Å². The fourth-order valence-corrected chi connectivity index (χ4v) is 10.1. The molecule has 3 atom stereocenters. The molecule has 0 N–H and O–H groups in total. The molecule has 1 heteroatoms. The van der Waals surface area contributed by atoms with Gasteiger partial charge in [-0.2, -0.15) is 0 Å². The zero-order valence-electron chi connectivity index (χ0n) is 17.1. The Labute approximate surface area is 143 Å². The van der Waals surface area contributed by atoms with Gasteiger partial charge in [-0.15, -0.1) is 0 Å². The maximum Gasteiger partial charge on any atom is -0.0181 e. The minimum atomic E-state index is -0.485. The number of hydrogen-bond acceptors (Lipinski definition) is 0. The van der Waals surface area contributed by atoms with E-state index in [9.17, 15) is 0 Å². The average Bonchev–Trinajstić information content (AvgIpc) is 2.26. The fourth-order valence-electron chi connectivity index (χ4n) is 4.66. The maximum absolute atomic E-state index is 2.65. The minimum absolute atomic E-state index is 0.476. The van der Waals surface area contributed by atoms with E-state index >= 15 is 0 Å². The first-order chi connectivity index (χ1) is 9.80. The van der Waals surface area contributed by atoms with Crippen LogP contribution in [0.15, 0.2) is 0 Å². The van der Waals surface area contributed by atoms with E-state index in [2.05, 4.69) is 61.6 Å². The highest BCUT2D eigenvalue weighted by Gasteiger charge is 2.31. The SMILES string of the molecule is CC1CCC(CCS(C)(CC(C)(C)C)CC(C)(C)C)CC1C. The van der Waals surface area contributed by atoms with Crippen molar-refractivity contribution >= 4 is 10.0 Å². The zero-order chi connectivity index (χ0) is 17.2. The molecule has 1 saturated carbocycles. The van der Waals surface area contributed by atoms with Crippen LogP contribution in [0.5, 0.6) is 0 Å². The molecule has 1 aliphatic rings. The van der Waals surface area contributed by atoms with Crippen molar-refractivity contribution in [3.05, 3.63) is 0 Å². The average molecular weight is 329 g/mol. The van der Waals surface area contributed by atoms with Gasteiger partial charge in [-0.25, -0.2) is 10.0 Å². The summed E-state index contributed by atoms with van der Waals surface area (Å²) in [5.41, 5.74) is 0.952. The smallest absolute Gasteiger partial charge is 0.0181 e. The van der Waals surface area contributed by atoms with Gasteiger partial charge in [-0.05, 0) is 64.9 Å². The van der Waals surface area contributed by atoms with E-state index in [-0.39, 0.29) is 0 Å². The van der Waals surface area contributed by atoms with Crippen molar-refractivity contribution in [2.45, 2.75) is 81.1 Å². The first kappa shape index (κ1) is 20.4. The van der Waals surface area contributed by atoms with Crippen molar-refractivity contribution in [2.24, 2.45) is 28.6 Å². The first-order valence-corrected chi connectivity index (χ1v) is 12.1. The van der Waals surface area contributed by atoms with Crippen molar-refractivity contribution in [1.82, 2.24) is 0 Å². The van der Waals surface area contributed by atoms with Gasteiger partial charge in [0, 0.05) is 0 Å². The largest absolute Gasteiger partial charge is 0.243 e. The van der Waals surface area contributed by atoms with E-state index in [1.807, 2.05) is 0 Å². The van der Waals surface area contributed by atoms with E-state index in [1.54, 1.807) is 0 Å². The monoisotopic (exact) mass is 328 g/mol. The Kier molecular flexibility index (Phi) is 6.95. The molecule has 1 rings (SSSR count). The Balaban J connectivity index is 2.65. The molecule has 22 heavy (non-hydrogen) atoms. The molecule has 1 fully saturated rings. The summed E-state index contributed by atoms with van der Waals surface area (Å²) in [6, 6.07) is 0. The molecule has 1 aliphatic carbocycles. The highest BCUT2D eigenvalue weighted by Crippen LogP contribution is 2.53. The third kappa shape index (κ3) is 7.75. The van der Waals surface area contributed by atoms with Crippen molar-refractivity contribution in [3.63, 3.8) is 0 Å². The molecule has 0 nitrogen and oxygen atoms in total. The van der Waals surface area contributed by atoms with E-state index in [1.165, 1.54) is 42.9 Å². The molecule has 0 spiro atoms. The molecule has 0 aromatic rings. The molecule has 0 amide bonds. The molecule has 0 aliphatic heterocycles. The number of hydrogen-bond donors (Lipinski definition) is 0. The summed E-state index contributed by atoms with van der Waals surface area (Å²) in [5, 5.41) is 0. The van der Waals surface area contributed by atoms with Gasteiger partial charge in [0.25, 0.3) is 0 Å². The quantitative estimate of drug-likeness (QED) is 0.511. The van der Waals surface area contributed by atoms with Crippen LogP contribution < -0.4 is 0 Å². The predicted octanol–water partition coefficient (Wildman–Crippen LogP) is 6.98. The summed E-state index contributed by atoms with van der Waals surface area (Å²) >= 11 is 0. The summed E-state index contributed by atoms with van der Waals surface area (Å²) in [6.45, 7) is 19.5. The third-order valence-corrected chi connectivity index (χ3v) is 9.64. The van der Waals surface area contributed by atoms with Gasteiger partial charge in [-0.1, -0.05) is 68.2 Å². The van der Waals surface area contributed by atoms with Gasteiger partial charge in [0.05, 0.1) is 0 Å². The van der Waals surface area contributed by atoms with Crippen LogP contribution >= 0.6 is 10.0 Å². The molecule has 0 aromatic heterocycles. The molecule has 0 radical (unpaired) electrons. The van der Waals surface area contributed by atoms with E-state index < -0.39 is 10.0 Å². The lowest BCUT2D eigenvalue weighted by atomic mass is 9.75. The Hall–Kier alpha value is 0.350. The van der Waals surface area contributed by atoms with Gasteiger partial charge in [0.2, 0.25) is 0 Å². The lowest BCUT2D eigenvalue weighted by Crippen LogP contribution is -2.29. The highest BCUT2D eigenvalue weighted by molar-refractivity contribution is 8.33. The fraction of sp³-hybridized carbons (Fsp3) is 1.00. The second-order valence-electron chi connectivity index (χ2n) is 11.0. The van der Waals surface area contributed by atoms with Crippen LogP contribution in [0.2, 0.25) is 0 Å². The Morgan fingerprint density at radius 3 is 1.73 bits per heavy atom. The summed E-state index contributed by atoms with van der Waals surface area (Å²) in [6.07, 6.45) is 8.59.